The van der Waals surface area contributed by atoms with Gasteiger partial charge < -0.3 is 0 Å². The Morgan fingerprint density at radius 1 is 1.19 bits per heavy atom. The van der Waals surface area contributed by atoms with E-state index in [9.17, 15) is 0 Å². The highest BCUT2D eigenvalue weighted by Crippen LogP contribution is 2.11. The van der Waals surface area contributed by atoms with Gasteiger partial charge >= 0.3 is 0 Å². The molecule has 0 saturated carbocycles. The maximum Gasteiger partial charge on any atom is 0.0524 e. The summed E-state index contributed by atoms with van der Waals surface area (Å²) < 4.78 is 0. The quantitative estimate of drug-likeness (QED) is 0.460. The van der Waals surface area contributed by atoms with Crippen LogP contribution in [-0.2, 0) is 0 Å². The van der Waals surface area contributed by atoms with Crippen LogP contribution in [0.25, 0.3) is 0 Å². The summed E-state index contributed by atoms with van der Waals surface area (Å²) in [4.78, 5) is 4.47. The van der Waals surface area contributed by atoms with Gasteiger partial charge in [-0.25, -0.2) is 0 Å². The van der Waals surface area contributed by atoms with Gasteiger partial charge in [0.25, 0.3) is 0 Å². The Balaban J connectivity index is 4.23. The SMILES string of the molecule is CC/C(=C\C=NC(C)(C)C)CCC=C(C)C. The van der Waals surface area contributed by atoms with Crippen molar-refractivity contribution in [3.8, 4) is 0 Å². The van der Waals surface area contributed by atoms with Crippen LogP contribution in [0.1, 0.15) is 60.8 Å². The summed E-state index contributed by atoms with van der Waals surface area (Å²) >= 11 is 0. The summed E-state index contributed by atoms with van der Waals surface area (Å²) in [5.74, 6) is 0. The maximum absolute atomic E-state index is 4.47. The summed E-state index contributed by atoms with van der Waals surface area (Å²) in [6.07, 6.45) is 9.84. The first-order chi connectivity index (χ1) is 7.35. The van der Waals surface area contributed by atoms with E-state index in [1.807, 2.05) is 6.21 Å². The van der Waals surface area contributed by atoms with Crippen LogP contribution < -0.4 is 0 Å². The van der Waals surface area contributed by atoms with Crippen molar-refractivity contribution in [3.63, 3.8) is 0 Å². The molecular formula is C15H27N. The molecule has 0 radical (unpaired) electrons. The molecule has 0 atom stereocenters. The number of allylic oxidation sites excluding steroid dienone is 4. The van der Waals surface area contributed by atoms with Crippen LogP contribution in [0, 0.1) is 0 Å². The Labute approximate surface area is 101 Å². The van der Waals surface area contributed by atoms with Crippen molar-refractivity contribution in [1.82, 2.24) is 0 Å². The molecule has 0 aliphatic heterocycles. The average Bonchev–Trinajstić information content (AvgIpc) is 2.13. The lowest BCUT2D eigenvalue weighted by atomic mass is 10.1. The fourth-order valence-corrected chi connectivity index (χ4v) is 1.29. The van der Waals surface area contributed by atoms with Gasteiger partial charge in [-0.05, 0) is 60.0 Å². The van der Waals surface area contributed by atoms with Gasteiger partial charge in [-0.15, -0.1) is 0 Å². The summed E-state index contributed by atoms with van der Waals surface area (Å²) in [6.45, 7) is 12.9. The topological polar surface area (TPSA) is 12.4 Å². The van der Waals surface area contributed by atoms with E-state index in [4.69, 9.17) is 0 Å². The zero-order chi connectivity index (χ0) is 12.6. The van der Waals surface area contributed by atoms with Crippen molar-refractivity contribution in [3.05, 3.63) is 23.3 Å². The molecule has 0 amide bonds. The van der Waals surface area contributed by atoms with Crippen molar-refractivity contribution < 1.29 is 0 Å². The van der Waals surface area contributed by atoms with Gasteiger partial charge in [0, 0.05) is 6.21 Å². The molecule has 0 bridgehead atoms. The van der Waals surface area contributed by atoms with E-state index in [1.54, 1.807) is 0 Å². The molecule has 0 aromatic heterocycles. The van der Waals surface area contributed by atoms with E-state index in [-0.39, 0.29) is 5.54 Å². The monoisotopic (exact) mass is 221 g/mol. The molecule has 0 aromatic carbocycles. The zero-order valence-corrected chi connectivity index (χ0v) is 11.8. The molecule has 0 N–H and O–H groups in total. The van der Waals surface area contributed by atoms with Crippen LogP contribution >= 0.6 is 0 Å². The van der Waals surface area contributed by atoms with Crippen molar-refractivity contribution in [1.29, 1.82) is 0 Å². The second-order valence-electron chi connectivity index (χ2n) is 5.45. The van der Waals surface area contributed by atoms with Gasteiger partial charge in [0.15, 0.2) is 0 Å². The third-order valence-electron chi connectivity index (χ3n) is 2.24. The Hall–Kier alpha value is -0.850. The normalized spacial score (nSPS) is 13.2. The Bertz CT molecular complexity index is 270. The fraction of sp³-hybridized carbons (Fsp3) is 0.667. The Morgan fingerprint density at radius 3 is 2.25 bits per heavy atom. The number of rotatable bonds is 5. The molecule has 0 spiro atoms. The molecule has 0 fully saturated rings. The molecule has 0 rings (SSSR count). The van der Waals surface area contributed by atoms with Crippen molar-refractivity contribution in [2.45, 2.75) is 66.3 Å². The third-order valence-corrected chi connectivity index (χ3v) is 2.24. The maximum atomic E-state index is 4.47. The number of nitrogens with zero attached hydrogens (tertiary/aromatic N) is 1. The summed E-state index contributed by atoms with van der Waals surface area (Å²) in [5.41, 5.74) is 2.92. The van der Waals surface area contributed by atoms with Crippen LogP contribution in [-0.4, -0.2) is 11.8 Å². The number of hydrogen-bond donors (Lipinski definition) is 0. The number of hydrogen-bond acceptors (Lipinski definition) is 1. The van der Waals surface area contributed by atoms with Crippen LogP contribution in [0.5, 0.6) is 0 Å². The molecule has 0 saturated heterocycles. The molecule has 0 aliphatic carbocycles. The molecule has 0 aromatic rings. The van der Waals surface area contributed by atoms with Crippen LogP contribution in [0.3, 0.4) is 0 Å². The van der Waals surface area contributed by atoms with Gasteiger partial charge in [-0.2, -0.15) is 0 Å². The standard InChI is InChI=1S/C15H27N/c1-7-14(10-8-9-13(2)3)11-12-16-15(4,5)6/h9,11-12H,7-8,10H2,1-6H3/b14-11+,16-12?. The Kier molecular flexibility index (Phi) is 7.03. The first kappa shape index (κ1) is 15.2. The van der Waals surface area contributed by atoms with Crippen LogP contribution in [0.4, 0.5) is 0 Å². The highest BCUT2D eigenvalue weighted by Gasteiger charge is 2.03. The summed E-state index contributed by atoms with van der Waals surface area (Å²) in [5, 5.41) is 0. The average molecular weight is 221 g/mol. The second-order valence-corrected chi connectivity index (χ2v) is 5.45. The molecule has 1 heteroatoms. The van der Waals surface area contributed by atoms with Crippen LogP contribution in [0.2, 0.25) is 0 Å². The number of aliphatic imine (C=N–C) groups is 1. The highest BCUT2D eigenvalue weighted by molar-refractivity contribution is 5.72. The van der Waals surface area contributed by atoms with E-state index in [0.717, 1.165) is 19.3 Å². The molecule has 0 aliphatic rings. The van der Waals surface area contributed by atoms with Gasteiger partial charge in [0.05, 0.1) is 5.54 Å². The highest BCUT2D eigenvalue weighted by atomic mass is 14.8. The van der Waals surface area contributed by atoms with E-state index in [1.165, 1.54) is 11.1 Å². The molecule has 16 heavy (non-hydrogen) atoms. The van der Waals surface area contributed by atoms with E-state index >= 15 is 0 Å². The van der Waals surface area contributed by atoms with E-state index in [2.05, 4.69) is 58.7 Å². The molecule has 1 nitrogen and oxygen atoms in total. The fourth-order valence-electron chi connectivity index (χ4n) is 1.29. The first-order valence-corrected chi connectivity index (χ1v) is 6.21. The van der Waals surface area contributed by atoms with Gasteiger partial charge in [-0.1, -0.05) is 24.1 Å². The van der Waals surface area contributed by atoms with E-state index in [0.29, 0.717) is 0 Å². The predicted octanol–water partition coefficient (Wildman–Crippen LogP) is 4.94. The minimum atomic E-state index is 0.0370. The third kappa shape index (κ3) is 9.70. The second kappa shape index (κ2) is 7.43. The lowest BCUT2D eigenvalue weighted by Crippen LogP contribution is -2.08. The molecule has 0 unspecified atom stereocenters. The van der Waals surface area contributed by atoms with E-state index < -0.39 is 0 Å². The van der Waals surface area contributed by atoms with Crippen LogP contribution in [0.15, 0.2) is 28.3 Å². The zero-order valence-electron chi connectivity index (χ0n) is 11.8. The minimum Gasteiger partial charge on any atom is -0.287 e. The molecule has 92 valence electrons. The summed E-state index contributed by atoms with van der Waals surface area (Å²) in [6, 6.07) is 0. The van der Waals surface area contributed by atoms with Crippen molar-refractivity contribution in [2.75, 3.05) is 0 Å². The largest absolute Gasteiger partial charge is 0.287 e. The molecule has 0 heterocycles. The Morgan fingerprint density at radius 2 is 1.81 bits per heavy atom. The van der Waals surface area contributed by atoms with Crippen molar-refractivity contribution in [2.24, 2.45) is 4.99 Å². The minimum absolute atomic E-state index is 0.0370. The lowest BCUT2D eigenvalue weighted by Gasteiger charge is -2.10. The van der Waals surface area contributed by atoms with Gasteiger partial charge in [0.2, 0.25) is 0 Å². The van der Waals surface area contributed by atoms with Gasteiger partial charge in [0.1, 0.15) is 0 Å². The predicted molar refractivity (Wildman–Crippen MR) is 75.3 cm³/mol. The smallest absolute Gasteiger partial charge is 0.0524 e. The lowest BCUT2D eigenvalue weighted by molar-refractivity contribution is 0.587. The van der Waals surface area contributed by atoms with Crippen molar-refractivity contribution >= 4 is 6.21 Å². The first-order valence-electron chi connectivity index (χ1n) is 6.21. The van der Waals surface area contributed by atoms with Gasteiger partial charge in [-0.3, -0.25) is 4.99 Å². The molecular weight excluding hydrogens is 194 g/mol. The summed E-state index contributed by atoms with van der Waals surface area (Å²) in [7, 11) is 0.